The molecule has 0 bridgehead atoms. The number of halogens is 1. The van der Waals surface area contributed by atoms with Crippen LogP contribution in [0, 0.1) is 6.92 Å². The Labute approximate surface area is 106 Å². The van der Waals surface area contributed by atoms with Crippen molar-refractivity contribution in [3.8, 4) is 0 Å². The van der Waals surface area contributed by atoms with E-state index >= 15 is 0 Å². The van der Waals surface area contributed by atoms with E-state index in [0.29, 0.717) is 23.2 Å². The molecule has 3 N–H and O–H groups in total. The molecule has 0 unspecified atom stereocenters. The lowest BCUT2D eigenvalue weighted by Crippen LogP contribution is -2.02. The average Bonchev–Trinajstić information content (AvgIpc) is 2.27. The van der Waals surface area contributed by atoms with Crippen LogP contribution in [0.5, 0.6) is 0 Å². The van der Waals surface area contributed by atoms with E-state index in [1.165, 1.54) is 11.1 Å². The van der Waals surface area contributed by atoms with Crippen molar-refractivity contribution in [3.05, 3.63) is 52.7 Å². The summed E-state index contributed by atoms with van der Waals surface area (Å²) in [6, 6.07) is 11.7. The highest BCUT2D eigenvalue weighted by Crippen LogP contribution is 2.16. The van der Waals surface area contributed by atoms with Gasteiger partial charge in [0.2, 0.25) is 0 Å². The summed E-state index contributed by atoms with van der Waals surface area (Å²) in [7, 11) is 0. The van der Waals surface area contributed by atoms with E-state index in [1.807, 2.05) is 0 Å². The predicted octanol–water partition coefficient (Wildman–Crippen LogP) is 3.24. The van der Waals surface area contributed by atoms with Crippen molar-refractivity contribution in [2.45, 2.75) is 13.5 Å². The lowest BCUT2D eigenvalue weighted by Gasteiger charge is -2.07. The summed E-state index contributed by atoms with van der Waals surface area (Å²) in [6.45, 7) is 2.77. The van der Waals surface area contributed by atoms with Crippen LogP contribution < -0.4 is 11.1 Å². The zero-order valence-electron chi connectivity index (χ0n) is 9.57. The molecule has 0 aliphatic heterocycles. The minimum absolute atomic E-state index is 0.399. The Hall–Kier alpha value is -1.74. The highest BCUT2D eigenvalue weighted by atomic mass is 35.5. The molecule has 2 aromatic rings. The van der Waals surface area contributed by atoms with Gasteiger partial charge in [0, 0.05) is 18.3 Å². The van der Waals surface area contributed by atoms with E-state index in [1.54, 1.807) is 12.1 Å². The number of hydrogen-bond donors (Lipinski definition) is 2. The van der Waals surface area contributed by atoms with Crippen molar-refractivity contribution >= 4 is 23.1 Å². The summed E-state index contributed by atoms with van der Waals surface area (Å²) in [5, 5.41) is 3.59. The number of nitrogens with two attached hydrogens (primary N) is 1. The molecule has 1 heterocycles. The molecule has 1 aromatic heterocycles. The van der Waals surface area contributed by atoms with Crippen molar-refractivity contribution in [1.82, 2.24) is 4.98 Å². The van der Waals surface area contributed by atoms with Gasteiger partial charge in [-0.05, 0) is 18.6 Å². The summed E-state index contributed by atoms with van der Waals surface area (Å²) >= 11 is 5.82. The van der Waals surface area contributed by atoms with E-state index in [4.69, 9.17) is 17.3 Å². The second kappa shape index (κ2) is 5.06. The number of aryl methyl sites for hydroxylation is 1. The van der Waals surface area contributed by atoms with Gasteiger partial charge in [0.05, 0.1) is 0 Å². The normalized spacial score (nSPS) is 10.2. The van der Waals surface area contributed by atoms with Crippen LogP contribution in [0.3, 0.4) is 0 Å². The molecular formula is C13H14ClN3. The number of rotatable bonds is 3. The van der Waals surface area contributed by atoms with Gasteiger partial charge < -0.3 is 11.1 Å². The van der Waals surface area contributed by atoms with Crippen LogP contribution in [0.2, 0.25) is 5.15 Å². The van der Waals surface area contributed by atoms with Crippen LogP contribution in [0.15, 0.2) is 36.4 Å². The lowest BCUT2D eigenvalue weighted by molar-refractivity contribution is 1.11. The second-order valence-corrected chi connectivity index (χ2v) is 4.33. The molecule has 0 amide bonds. The van der Waals surface area contributed by atoms with Crippen molar-refractivity contribution in [2.75, 3.05) is 11.1 Å². The fraction of sp³-hybridized carbons (Fsp3) is 0.154. The van der Waals surface area contributed by atoms with Crippen LogP contribution in [-0.2, 0) is 6.54 Å². The highest BCUT2D eigenvalue weighted by Gasteiger charge is 1.99. The van der Waals surface area contributed by atoms with Crippen LogP contribution in [0.25, 0.3) is 0 Å². The summed E-state index contributed by atoms with van der Waals surface area (Å²) in [6.07, 6.45) is 0. The van der Waals surface area contributed by atoms with E-state index in [-0.39, 0.29) is 0 Å². The number of nitrogens with zero attached hydrogens (tertiary/aromatic N) is 1. The van der Waals surface area contributed by atoms with E-state index < -0.39 is 0 Å². The van der Waals surface area contributed by atoms with E-state index in [0.717, 1.165) is 0 Å². The lowest BCUT2D eigenvalue weighted by atomic mass is 10.1. The molecule has 0 fully saturated rings. The molecule has 88 valence electrons. The Morgan fingerprint density at radius 2 is 1.94 bits per heavy atom. The summed E-state index contributed by atoms with van der Waals surface area (Å²) in [5.41, 5.74) is 8.73. The van der Waals surface area contributed by atoms with Gasteiger partial charge in [0.15, 0.2) is 0 Å². The molecule has 3 nitrogen and oxygen atoms in total. The van der Waals surface area contributed by atoms with Crippen molar-refractivity contribution < 1.29 is 0 Å². The van der Waals surface area contributed by atoms with Gasteiger partial charge in [-0.2, -0.15) is 0 Å². The first kappa shape index (κ1) is 11.7. The van der Waals surface area contributed by atoms with E-state index in [2.05, 4.69) is 41.5 Å². The maximum atomic E-state index is 5.82. The van der Waals surface area contributed by atoms with Gasteiger partial charge in [-0.1, -0.05) is 41.4 Å². The third-order valence-electron chi connectivity index (χ3n) is 2.41. The summed E-state index contributed by atoms with van der Waals surface area (Å²) in [5.74, 6) is 0.690. The van der Waals surface area contributed by atoms with Gasteiger partial charge in [-0.25, -0.2) is 4.98 Å². The first-order chi connectivity index (χ1) is 8.13. The van der Waals surface area contributed by atoms with Crippen molar-refractivity contribution in [3.63, 3.8) is 0 Å². The van der Waals surface area contributed by atoms with Gasteiger partial charge >= 0.3 is 0 Å². The number of nitrogens with one attached hydrogen (secondary N) is 1. The minimum atomic E-state index is 0.399. The zero-order chi connectivity index (χ0) is 12.3. The maximum absolute atomic E-state index is 5.82. The fourth-order valence-corrected chi connectivity index (χ4v) is 1.72. The minimum Gasteiger partial charge on any atom is -0.399 e. The molecule has 17 heavy (non-hydrogen) atoms. The Kier molecular flexibility index (Phi) is 3.49. The number of aromatic nitrogens is 1. The molecule has 1 aromatic carbocycles. The smallest absolute Gasteiger partial charge is 0.133 e. The average molecular weight is 248 g/mol. The van der Waals surface area contributed by atoms with Crippen LogP contribution in [0.4, 0.5) is 11.5 Å². The molecule has 0 aliphatic rings. The number of hydrogen-bond acceptors (Lipinski definition) is 3. The molecule has 0 spiro atoms. The van der Waals surface area contributed by atoms with Crippen molar-refractivity contribution in [2.24, 2.45) is 0 Å². The third kappa shape index (κ3) is 3.36. The number of pyridine rings is 1. The Morgan fingerprint density at radius 1 is 1.24 bits per heavy atom. The largest absolute Gasteiger partial charge is 0.399 e. The predicted molar refractivity (Wildman–Crippen MR) is 72.2 cm³/mol. The molecule has 0 radical (unpaired) electrons. The topological polar surface area (TPSA) is 50.9 Å². The summed E-state index contributed by atoms with van der Waals surface area (Å²) in [4.78, 5) is 4.14. The second-order valence-electron chi connectivity index (χ2n) is 3.95. The molecule has 0 saturated carbocycles. The molecular weight excluding hydrogens is 234 g/mol. The van der Waals surface area contributed by atoms with Crippen LogP contribution in [-0.4, -0.2) is 4.98 Å². The van der Waals surface area contributed by atoms with E-state index in [9.17, 15) is 0 Å². The number of anilines is 2. The summed E-state index contributed by atoms with van der Waals surface area (Å²) < 4.78 is 0. The molecule has 0 aliphatic carbocycles. The van der Waals surface area contributed by atoms with Crippen LogP contribution >= 0.6 is 11.6 Å². The van der Waals surface area contributed by atoms with Crippen LogP contribution in [0.1, 0.15) is 11.1 Å². The first-order valence-electron chi connectivity index (χ1n) is 5.36. The number of benzene rings is 1. The quantitative estimate of drug-likeness (QED) is 0.819. The maximum Gasteiger partial charge on any atom is 0.133 e. The molecule has 4 heteroatoms. The van der Waals surface area contributed by atoms with Gasteiger partial charge in [-0.3, -0.25) is 0 Å². The Bertz CT molecular complexity index is 488. The SMILES string of the molecule is Cc1ccc(CNc2cc(N)cc(Cl)n2)cc1. The standard InChI is InChI=1S/C13H14ClN3/c1-9-2-4-10(5-3-9)8-16-13-7-11(15)6-12(14)17-13/h2-7H,8H2,1H3,(H3,15,16,17). The van der Waals surface area contributed by atoms with Gasteiger partial charge in [-0.15, -0.1) is 0 Å². The highest BCUT2D eigenvalue weighted by molar-refractivity contribution is 6.29. The first-order valence-corrected chi connectivity index (χ1v) is 5.74. The number of nitrogen functional groups attached to an aromatic ring is 1. The Balaban J connectivity index is 2.04. The van der Waals surface area contributed by atoms with Crippen molar-refractivity contribution in [1.29, 1.82) is 0 Å². The van der Waals surface area contributed by atoms with Gasteiger partial charge in [0.1, 0.15) is 11.0 Å². The fourth-order valence-electron chi connectivity index (χ4n) is 1.51. The molecule has 2 rings (SSSR count). The Morgan fingerprint density at radius 3 is 2.59 bits per heavy atom. The monoisotopic (exact) mass is 247 g/mol. The van der Waals surface area contributed by atoms with Gasteiger partial charge in [0.25, 0.3) is 0 Å². The third-order valence-corrected chi connectivity index (χ3v) is 2.60. The zero-order valence-corrected chi connectivity index (χ0v) is 10.3. The molecule has 0 atom stereocenters. The molecule has 0 saturated heterocycles.